The molecule has 4 rings (SSSR count). The van der Waals surface area contributed by atoms with E-state index in [0.29, 0.717) is 24.0 Å². The lowest BCUT2D eigenvalue weighted by Gasteiger charge is -2.53. The number of rotatable bonds is 17. The van der Waals surface area contributed by atoms with Gasteiger partial charge in [0, 0.05) is 48.3 Å². The highest BCUT2D eigenvalue weighted by Crippen LogP contribution is 2.77. The first-order chi connectivity index (χ1) is 21.8. The highest BCUT2D eigenvalue weighted by molar-refractivity contribution is 6.04. The molecule has 0 aromatic rings. The van der Waals surface area contributed by atoms with Gasteiger partial charge in [0.2, 0.25) is 0 Å². The largest absolute Gasteiger partial charge is 0.458 e. The predicted octanol–water partition coefficient (Wildman–Crippen LogP) is 6.53. The molecule has 46 heavy (non-hydrogen) atoms. The summed E-state index contributed by atoms with van der Waals surface area (Å²) in [4.78, 5) is 39.9. The second-order valence-corrected chi connectivity index (χ2v) is 15.4. The first kappa shape index (κ1) is 36.8. The summed E-state index contributed by atoms with van der Waals surface area (Å²) in [5.41, 5.74) is -4.71. The van der Waals surface area contributed by atoms with Gasteiger partial charge < -0.3 is 24.8 Å². The molecule has 0 spiro atoms. The molecule has 4 aliphatic carbocycles. The van der Waals surface area contributed by atoms with Gasteiger partial charge in [-0.2, -0.15) is 0 Å². The van der Waals surface area contributed by atoms with Crippen LogP contribution >= 0.6 is 0 Å². The number of ketones is 1. The number of carbonyl (C=O) groups is 3. The summed E-state index contributed by atoms with van der Waals surface area (Å²) < 4.78 is 12.6. The Morgan fingerprint density at radius 1 is 0.870 bits per heavy atom. The zero-order valence-corrected chi connectivity index (χ0v) is 29.2. The van der Waals surface area contributed by atoms with Gasteiger partial charge in [-0.15, -0.1) is 0 Å². The quantitative estimate of drug-likeness (QED) is 0.0926. The molecule has 8 heteroatoms. The molecule has 0 aromatic carbocycles. The molecule has 260 valence electrons. The van der Waals surface area contributed by atoms with Crippen LogP contribution in [-0.2, 0) is 23.9 Å². The molecule has 8 nitrogen and oxygen atoms in total. The number of esters is 2. The summed E-state index contributed by atoms with van der Waals surface area (Å²) >= 11 is 0. The lowest BCUT2D eigenvalue weighted by molar-refractivity contribution is -0.229. The van der Waals surface area contributed by atoms with Crippen LogP contribution < -0.4 is 0 Å². The van der Waals surface area contributed by atoms with Gasteiger partial charge in [-0.1, -0.05) is 111 Å². The van der Waals surface area contributed by atoms with Crippen molar-refractivity contribution in [3.05, 3.63) is 23.3 Å². The molecular formula is C38H60O8. The van der Waals surface area contributed by atoms with Crippen LogP contribution in [0.4, 0.5) is 0 Å². The zero-order valence-electron chi connectivity index (χ0n) is 29.2. The summed E-state index contributed by atoms with van der Waals surface area (Å²) in [6.45, 7) is 11.1. The van der Waals surface area contributed by atoms with E-state index in [1.54, 1.807) is 26.0 Å². The zero-order chi connectivity index (χ0) is 33.9. The number of unbranched alkanes of at least 4 members (excludes halogenated alkanes) is 10. The van der Waals surface area contributed by atoms with Crippen LogP contribution in [0, 0.1) is 29.1 Å². The molecular weight excluding hydrogens is 584 g/mol. The van der Waals surface area contributed by atoms with Crippen LogP contribution in [-0.4, -0.2) is 62.6 Å². The van der Waals surface area contributed by atoms with Crippen LogP contribution in [0.2, 0.25) is 0 Å². The van der Waals surface area contributed by atoms with E-state index < -0.39 is 63.7 Å². The van der Waals surface area contributed by atoms with Crippen molar-refractivity contribution >= 4 is 17.7 Å². The number of fused-ring (bicyclic) bond motifs is 5. The lowest BCUT2D eigenvalue weighted by Crippen LogP contribution is -2.66. The van der Waals surface area contributed by atoms with Crippen molar-refractivity contribution in [2.75, 3.05) is 6.61 Å². The fourth-order valence-electron chi connectivity index (χ4n) is 9.40. The molecule has 0 heterocycles. The van der Waals surface area contributed by atoms with Gasteiger partial charge in [0.25, 0.3) is 0 Å². The van der Waals surface area contributed by atoms with Gasteiger partial charge >= 0.3 is 11.9 Å². The highest BCUT2D eigenvalue weighted by Gasteiger charge is 2.87. The maximum Gasteiger partial charge on any atom is 0.306 e. The Kier molecular flexibility index (Phi) is 11.7. The molecule has 2 saturated carbocycles. The topological polar surface area (TPSA) is 130 Å². The molecule has 0 amide bonds. The van der Waals surface area contributed by atoms with Gasteiger partial charge in [0.15, 0.2) is 11.4 Å². The standard InChI is InChI=1S/C38H60O8/c1-7-9-10-11-12-13-14-15-16-17-18-20-30(40)45-34-26(4)37(44)28(32-35(5,6)38(32,34)46-31(41)19-8-2)22-27(24-39)23-36(43)29(37)21-25(3)33(36)42/h21-22,26,28-29,32,34,39,43-44H,7-20,23-24H2,1-6H3/t26-,28+,29-,32-,34-,36-,37-,38-/m1/s1. The van der Waals surface area contributed by atoms with E-state index in [4.69, 9.17) is 9.47 Å². The van der Waals surface area contributed by atoms with Gasteiger partial charge in [-0.25, -0.2) is 0 Å². The van der Waals surface area contributed by atoms with Crippen molar-refractivity contribution in [2.24, 2.45) is 29.1 Å². The first-order valence-corrected chi connectivity index (χ1v) is 18.2. The average molecular weight is 645 g/mol. The van der Waals surface area contributed by atoms with Crippen molar-refractivity contribution in [3.8, 4) is 0 Å². The van der Waals surface area contributed by atoms with Gasteiger partial charge in [0.05, 0.1) is 12.2 Å². The Morgan fingerprint density at radius 3 is 2.02 bits per heavy atom. The number of hydrogen-bond donors (Lipinski definition) is 3. The van der Waals surface area contributed by atoms with Crippen LogP contribution in [0.5, 0.6) is 0 Å². The molecule has 0 radical (unpaired) electrons. The molecule has 8 atom stereocenters. The average Bonchev–Trinajstić information content (AvgIpc) is 3.43. The fourth-order valence-corrected chi connectivity index (χ4v) is 9.40. The molecule has 0 saturated heterocycles. The number of aliphatic hydroxyl groups excluding tert-OH is 1. The third-order valence-electron chi connectivity index (χ3n) is 11.9. The van der Waals surface area contributed by atoms with E-state index in [0.717, 1.165) is 19.3 Å². The number of Topliss-reactive ketones (excluding diaryl/α,β-unsaturated/α-hetero) is 1. The van der Waals surface area contributed by atoms with Crippen molar-refractivity contribution in [3.63, 3.8) is 0 Å². The van der Waals surface area contributed by atoms with E-state index >= 15 is 0 Å². The van der Waals surface area contributed by atoms with Crippen molar-refractivity contribution in [1.29, 1.82) is 0 Å². The highest BCUT2D eigenvalue weighted by atomic mass is 16.6. The number of ether oxygens (including phenoxy) is 2. The van der Waals surface area contributed by atoms with Crippen LogP contribution in [0.25, 0.3) is 0 Å². The first-order valence-electron chi connectivity index (χ1n) is 18.2. The van der Waals surface area contributed by atoms with E-state index in [2.05, 4.69) is 6.92 Å². The van der Waals surface area contributed by atoms with Gasteiger partial charge in [-0.05, 0) is 30.9 Å². The van der Waals surface area contributed by atoms with E-state index in [1.165, 1.54) is 44.9 Å². The van der Waals surface area contributed by atoms with Crippen LogP contribution in [0.1, 0.15) is 138 Å². The summed E-state index contributed by atoms with van der Waals surface area (Å²) in [6.07, 6.45) is 16.2. The normalized spacial score (nSPS) is 35.7. The lowest BCUT2D eigenvalue weighted by atomic mass is 9.59. The Labute approximate surface area is 276 Å². The molecule has 0 aliphatic heterocycles. The Balaban J connectivity index is 1.54. The third-order valence-corrected chi connectivity index (χ3v) is 11.9. The van der Waals surface area contributed by atoms with Gasteiger partial charge in [0.1, 0.15) is 11.7 Å². The van der Waals surface area contributed by atoms with E-state index in [9.17, 15) is 29.7 Å². The smallest absolute Gasteiger partial charge is 0.306 e. The molecule has 0 aromatic heterocycles. The molecule has 4 aliphatic rings. The maximum absolute atomic E-state index is 13.5. The summed E-state index contributed by atoms with van der Waals surface area (Å²) in [6, 6.07) is 0. The minimum absolute atomic E-state index is 0.106. The van der Waals surface area contributed by atoms with Crippen LogP contribution in [0.3, 0.4) is 0 Å². The minimum atomic E-state index is -1.93. The Hall–Kier alpha value is -2.03. The third kappa shape index (κ3) is 6.39. The summed E-state index contributed by atoms with van der Waals surface area (Å²) in [5, 5.41) is 35.0. The second-order valence-electron chi connectivity index (χ2n) is 15.4. The predicted molar refractivity (Wildman–Crippen MR) is 177 cm³/mol. The monoisotopic (exact) mass is 644 g/mol. The van der Waals surface area contributed by atoms with Crippen LogP contribution in [0.15, 0.2) is 23.3 Å². The van der Waals surface area contributed by atoms with E-state index in [-0.39, 0.29) is 31.8 Å². The molecule has 3 N–H and O–H groups in total. The second kappa shape index (κ2) is 14.6. The van der Waals surface area contributed by atoms with E-state index in [1.807, 2.05) is 20.8 Å². The number of carbonyl (C=O) groups excluding carboxylic acids is 3. The van der Waals surface area contributed by atoms with Gasteiger partial charge in [-0.3, -0.25) is 14.4 Å². The Morgan fingerprint density at radius 2 is 1.46 bits per heavy atom. The van der Waals surface area contributed by atoms with Crippen molar-refractivity contribution < 1.29 is 39.2 Å². The molecule has 2 fully saturated rings. The minimum Gasteiger partial charge on any atom is -0.458 e. The maximum atomic E-state index is 13.5. The van der Waals surface area contributed by atoms with Crippen molar-refractivity contribution in [1.82, 2.24) is 0 Å². The Bertz CT molecular complexity index is 1190. The molecule has 0 bridgehead atoms. The SMILES string of the molecule is CCCCCCCCCCCCCC(=O)O[C@@H]1[C@@H](C)[C@@]2(O)[C@@H](C=C(CO)C[C@]3(O)C(=O)C(C)=C[C@@H]23)[C@@H]2C(C)(C)[C@]12OC(=O)CCC. The number of aliphatic hydroxyl groups is 3. The van der Waals surface area contributed by atoms with Crippen molar-refractivity contribution in [2.45, 2.75) is 161 Å². The fraction of sp³-hybridized carbons (Fsp3) is 0.816. The molecule has 0 unspecified atom stereocenters. The number of hydrogen-bond acceptors (Lipinski definition) is 8. The summed E-state index contributed by atoms with van der Waals surface area (Å²) in [5.74, 6) is -4.16. The summed E-state index contributed by atoms with van der Waals surface area (Å²) in [7, 11) is 0.